The predicted octanol–water partition coefficient (Wildman–Crippen LogP) is 1.74. The Morgan fingerprint density at radius 3 is 2.95 bits per heavy atom. The molecule has 0 saturated carbocycles. The van der Waals surface area contributed by atoms with E-state index in [1.54, 1.807) is 0 Å². The SMILES string of the molecule is COC(=O)C1COC(=O)N1Cc1cc(Cl)ccc1[N+](=O)[O-]. The molecule has 1 aromatic rings. The smallest absolute Gasteiger partial charge is 0.411 e. The van der Waals surface area contributed by atoms with Crippen molar-refractivity contribution in [3.8, 4) is 0 Å². The molecule has 1 saturated heterocycles. The Bertz CT molecular complexity index is 605. The first-order valence-electron chi connectivity index (χ1n) is 5.88. The highest BCUT2D eigenvalue weighted by molar-refractivity contribution is 6.30. The van der Waals surface area contributed by atoms with Gasteiger partial charge in [-0.05, 0) is 12.1 Å². The summed E-state index contributed by atoms with van der Waals surface area (Å²) in [6.45, 7) is -0.324. The number of carbonyl (C=O) groups is 2. The summed E-state index contributed by atoms with van der Waals surface area (Å²) in [7, 11) is 1.19. The van der Waals surface area contributed by atoms with Gasteiger partial charge in [-0.15, -0.1) is 0 Å². The van der Waals surface area contributed by atoms with Crippen LogP contribution in [0.4, 0.5) is 10.5 Å². The van der Waals surface area contributed by atoms with Crippen LogP contribution in [0.1, 0.15) is 5.56 Å². The van der Waals surface area contributed by atoms with E-state index in [9.17, 15) is 19.7 Å². The van der Waals surface area contributed by atoms with Gasteiger partial charge in [0, 0.05) is 11.1 Å². The van der Waals surface area contributed by atoms with Gasteiger partial charge in [0.05, 0.1) is 24.1 Å². The lowest BCUT2D eigenvalue weighted by Gasteiger charge is -2.19. The molecule has 1 aliphatic heterocycles. The third-order valence-electron chi connectivity index (χ3n) is 3.03. The van der Waals surface area contributed by atoms with Crippen LogP contribution < -0.4 is 0 Å². The van der Waals surface area contributed by atoms with Gasteiger partial charge >= 0.3 is 12.1 Å². The van der Waals surface area contributed by atoms with Crippen LogP contribution in [0.3, 0.4) is 0 Å². The molecule has 0 N–H and O–H groups in total. The Hall–Kier alpha value is -2.35. The normalized spacial score (nSPS) is 17.5. The molecule has 0 aromatic heterocycles. The number of ether oxygens (including phenoxy) is 2. The zero-order chi connectivity index (χ0) is 15.6. The lowest BCUT2D eigenvalue weighted by Crippen LogP contribution is -2.39. The molecule has 1 amide bonds. The fourth-order valence-corrected chi connectivity index (χ4v) is 2.19. The summed E-state index contributed by atoms with van der Waals surface area (Å²) in [6, 6.07) is 3.07. The number of carbonyl (C=O) groups excluding carboxylic acids is 2. The summed E-state index contributed by atoms with van der Waals surface area (Å²) in [5.74, 6) is -0.648. The van der Waals surface area contributed by atoms with E-state index in [4.69, 9.17) is 16.3 Å². The second-order valence-corrected chi connectivity index (χ2v) is 4.71. The fraction of sp³-hybridized carbons (Fsp3) is 0.333. The topological polar surface area (TPSA) is 99.0 Å². The average Bonchev–Trinajstić information content (AvgIpc) is 2.79. The fourth-order valence-electron chi connectivity index (χ4n) is 2.00. The van der Waals surface area contributed by atoms with E-state index in [1.165, 1.54) is 25.3 Å². The third-order valence-corrected chi connectivity index (χ3v) is 3.26. The number of benzene rings is 1. The van der Waals surface area contributed by atoms with Crippen molar-refractivity contribution in [2.24, 2.45) is 0 Å². The van der Waals surface area contributed by atoms with E-state index < -0.39 is 23.0 Å². The molecule has 112 valence electrons. The number of hydrogen-bond acceptors (Lipinski definition) is 6. The first-order valence-corrected chi connectivity index (χ1v) is 6.26. The molecule has 1 unspecified atom stereocenters. The number of cyclic esters (lactones) is 1. The predicted molar refractivity (Wildman–Crippen MR) is 70.8 cm³/mol. The minimum atomic E-state index is -0.930. The van der Waals surface area contributed by atoms with Gasteiger partial charge in [-0.1, -0.05) is 11.6 Å². The Labute approximate surface area is 124 Å². The molecular weight excluding hydrogens is 304 g/mol. The van der Waals surface area contributed by atoms with Crippen molar-refractivity contribution in [3.05, 3.63) is 38.9 Å². The number of nitro benzene ring substituents is 1. The molecule has 8 nitrogen and oxygen atoms in total. The third kappa shape index (κ3) is 3.05. The number of methoxy groups -OCH3 is 1. The van der Waals surface area contributed by atoms with E-state index in [-0.39, 0.29) is 29.4 Å². The molecule has 9 heteroatoms. The first-order chi connectivity index (χ1) is 9.93. The van der Waals surface area contributed by atoms with Crippen LogP contribution in [0.15, 0.2) is 18.2 Å². The quantitative estimate of drug-likeness (QED) is 0.477. The molecule has 1 aromatic carbocycles. The Balaban J connectivity index is 2.31. The largest absolute Gasteiger partial charge is 0.467 e. The minimum Gasteiger partial charge on any atom is -0.467 e. The molecule has 0 bridgehead atoms. The van der Waals surface area contributed by atoms with Gasteiger partial charge in [-0.3, -0.25) is 15.0 Å². The van der Waals surface area contributed by atoms with E-state index in [2.05, 4.69) is 4.74 Å². The number of halogens is 1. The molecule has 1 heterocycles. The molecule has 21 heavy (non-hydrogen) atoms. The second-order valence-electron chi connectivity index (χ2n) is 4.27. The van der Waals surface area contributed by atoms with Crippen LogP contribution >= 0.6 is 11.6 Å². The van der Waals surface area contributed by atoms with Crippen LogP contribution in [-0.2, 0) is 20.8 Å². The van der Waals surface area contributed by atoms with Crippen LogP contribution in [-0.4, -0.2) is 41.6 Å². The molecule has 1 aliphatic rings. The van der Waals surface area contributed by atoms with Gasteiger partial charge in [0.1, 0.15) is 6.61 Å². The van der Waals surface area contributed by atoms with Gasteiger partial charge in [0.15, 0.2) is 6.04 Å². The standard InChI is InChI=1S/C12H11ClN2O6/c1-20-11(16)10-6-21-12(17)14(10)5-7-4-8(13)2-3-9(7)15(18)19/h2-4,10H,5-6H2,1H3. The zero-order valence-electron chi connectivity index (χ0n) is 10.9. The van der Waals surface area contributed by atoms with Crippen molar-refractivity contribution in [1.82, 2.24) is 4.90 Å². The monoisotopic (exact) mass is 314 g/mol. The van der Waals surface area contributed by atoms with E-state index in [0.29, 0.717) is 0 Å². The van der Waals surface area contributed by atoms with E-state index >= 15 is 0 Å². The first kappa shape index (κ1) is 15.0. The van der Waals surface area contributed by atoms with Crippen LogP contribution in [0, 0.1) is 10.1 Å². The molecule has 0 spiro atoms. The van der Waals surface area contributed by atoms with Gasteiger partial charge in [-0.25, -0.2) is 9.59 Å². The Kier molecular flexibility index (Phi) is 4.27. The minimum absolute atomic E-state index is 0.153. The van der Waals surface area contributed by atoms with Gasteiger partial charge in [0.2, 0.25) is 0 Å². The number of rotatable bonds is 4. The zero-order valence-corrected chi connectivity index (χ0v) is 11.7. The molecular formula is C12H11ClN2O6. The van der Waals surface area contributed by atoms with Crippen molar-refractivity contribution in [3.63, 3.8) is 0 Å². The maximum atomic E-state index is 11.7. The van der Waals surface area contributed by atoms with Crippen molar-refractivity contribution in [2.75, 3.05) is 13.7 Å². The number of hydrogen-bond donors (Lipinski definition) is 0. The highest BCUT2D eigenvalue weighted by Gasteiger charge is 2.39. The van der Waals surface area contributed by atoms with Gasteiger partial charge in [-0.2, -0.15) is 0 Å². The second kappa shape index (κ2) is 5.96. The Morgan fingerprint density at radius 2 is 2.33 bits per heavy atom. The lowest BCUT2D eigenvalue weighted by atomic mass is 10.1. The molecule has 0 aliphatic carbocycles. The number of esters is 1. The number of nitro groups is 1. The van der Waals surface area contributed by atoms with Crippen LogP contribution in [0.2, 0.25) is 5.02 Å². The average molecular weight is 315 g/mol. The number of amides is 1. The summed E-state index contributed by atoms with van der Waals surface area (Å²) >= 11 is 5.82. The maximum Gasteiger partial charge on any atom is 0.411 e. The van der Waals surface area contributed by atoms with Crippen LogP contribution in [0.5, 0.6) is 0 Å². The summed E-state index contributed by atoms with van der Waals surface area (Å²) in [4.78, 5) is 34.7. The van der Waals surface area contributed by atoms with Crippen molar-refractivity contribution in [1.29, 1.82) is 0 Å². The summed E-state index contributed by atoms with van der Waals surface area (Å²) < 4.78 is 9.37. The van der Waals surface area contributed by atoms with Crippen molar-refractivity contribution in [2.45, 2.75) is 12.6 Å². The van der Waals surface area contributed by atoms with Gasteiger partial charge < -0.3 is 9.47 Å². The summed E-state index contributed by atoms with van der Waals surface area (Å²) in [6.07, 6.45) is -0.736. The summed E-state index contributed by atoms with van der Waals surface area (Å²) in [5, 5.41) is 11.3. The van der Waals surface area contributed by atoms with Crippen molar-refractivity contribution >= 4 is 29.4 Å². The number of nitrogens with zero attached hydrogens (tertiary/aromatic N) is 2. The van der Waals surface area contributed by atoms with E-state index in [0.717, 1.165) is 4.90 Å². The van der Waals surface area contributed by atoms with Crippen molar-refractivity contribution < 1.29 is 24.0 Å². The molecule has 1 fully saturated rings. The lowest BCUT2D eigenvalue weighted by molar-refractivity contribution is -0.385. The highest BCUT2D eigenvalue weighted by atomic mass is 35.5. The van der Waals surface area contributed by atoms with E-state index in [1.807, 2.05) is 0 Å². The van der Waals surface area contributed by atoms with Crippen LogP contribution in [0.25, 0.3) is 0 Å². The Morgan fingerprint density at radius 1 is 1.62 bits per heavy atom. The summed E-state index contributed by atoms with van der Waals surface area (Å²) in [5.41, 5.74) is 0.0166. The molecule has 0 radical (unpaired) electrons. The molecule has 2 rings (SSSR count). The van der Waals surface area contributed by atoms with Gasteiger partial charge in [0.25, 0.3) is 5.69 Å². The highest BCUT2D eigenvalue weighted by Crippen LogP contribution is 2.26. The molecule has 1 atom stereocenters. The maximum absolute atomic E-state index is 11.7.